The van der Waals surface area contributed by atoms with Crippen LogP contribution in [-0.4, -0.2) is 42.2 Å². The molecule has 0 spiro atoms. The second-order valence-electron chi connectivity index (χ2n) is 5.28. The molecule has 0 aliphatic heterocycles. The summed E-state index contributed by atoms with van der Waals surface area (Å²) < 4.78 is 0. The van der Waals surface area contributed by atoms with Crippen molar-refractivity contribution in [1.29, 1.82) is 0 Å². The molecule has 1 saturated carbocycles. The molecule has 1 fully saturated rings. The van der Waals surface area contributed by atoms with E-state index in [4.69, 9.17) is 11.6 Å². The summed E-state index contributed by atoms with van der Waals surface area (Å²) in [5.41, 5.74) is 1.29. The van der Waals surface area contributed by atoms with E-state index in [0.717, 1.165) is 31.4 Å². The van der Waals surface area contributed by atoms with Gasteiger partial charge in [-0.05, 0) is 31.0 Å². The third-order valence-corrected chi connectivity index (χ3v) is 4.23. The third kappa shape index (κ3) is 3.07. The van der Waals surface area contributed by atoms with Crippen LogP contribution in [0.3, 0.4) is 0 Å². The number of rotatable bonds is 3. The zero-order valence-electron chi connectivity index (χ0n) is 11.9. The van der Waals surface area contributed by atoms with Crippen LogP contribution >= 0.6 is 11.6 Å². The number of aliphatic hydroxyl groups is 1. The van der Waals surface area contributed by atoms with E-state index >= 15 is 0 Å². The summed E-state index contributed by atoms with van der Waals surface area (Å²) in [5.74, 6) is -0.109. The largest absolute Gasteiger partial charge is 0.391 e. The van der Waals surface area contributed by atoms with Gasteiger partial charge >= 0.3 is 0 Å². The molecule has 0 bridgehead atoms. The van der Waals surface area contributed by atoms with Crippen molar-refractivity contribution in [1.82, 2.24) is 4.90 Å². The molecule has 110 valence electrons. The summed E-state index contributed by atoms with van der Waals surface area (Å²) in [5, 5.41) is 13.6. The zero-order chi connectivity index (χ0) is 14.7. The van der Waals surface area contributed by atoms with E-state index in [1.807, 2.05) is 0 Å². The van der Waals surface area contributed by atoms with Crippen molar-refractivity contribution in [3.05, 3.63) is 28.8 Å². The first-order valence-corrected chi connectivity index (χ1v) is 7.35. The van der Waals surface area contributed by atoms with Crippen molar-refractivity contribution >= 4 is 23.2 Å². The first-order chi connectivity index (χ1) is 9.54. The molecular weight excluding hydrogens is 276 g/mol. The number of halogens is 1. The molecule has 2 rings (SSSR count). The van der Waals surface area contributed by atoms with Gasteiger partial charge in [-0.2, -0.15) is 0 Å². The van der Waals surface area contributed by atoms with E-state index in [9.17, 15) is 9.90 Å². The van der Waals surface area contributed by atoms with Crippen LogP contribution in [0.25, 0.3) is 0 Å². The average Bonchev–Trinajstić information content (AvgIpc) is 2.46. The highest BCUT2D eigenvalue weighted by Gasteiger charge is 2.30. The number of nitrogens with zero attached hydrogens (tertiary/aromatic N) is 1. The van der Waals surface area contributed by atoms with Crippen LogP contribution in [-0.2, 0) is 0 Å². The van der Waals surface area contributed by atoms with E-state index in [2.05, 4.69) is 5.32 Å². The van der Waals surface area contributed by atoms with Crippen molar-refractivity contribution in [2.45, 2.75) is 37.8 Å². The van der Waals surface area contributed by atoms with Crippen molar-refractivity contribution < 1.29 is 9.90 Å². The number of nitrogens with one attached hydrogen (secondary N) is 1. The van der Waals surface area contributed by atoms with Gasteiger partial charge in [-0.15, -0.1) is 0 Å². The number of likely N-dealkylation sites (N-methyl/N-ethyl adjacent to an activating group) is 1. The molecule has 0 heterocycles. The lowest BCUT2D eigenvalue weighted by Gasteiger charge is -2.35. The number of hydrogen-bond acceptors (Lipinski definition) is 3. The van der Waals surface area contributed by atoms with Gasteiger partial charge in [-0.1, -0.05) is 24.4 Å². The summed E-state index contributed by atoms with van der Waals surface area (Å²) in [6.07, 6.45) is 3.25. The van der Waals surface area contributed by atoms with Crippen molar-refractivity contribution in [3.8, 4) is 0 Å². The minimum absolute atomic E-state index is 0.109. The Labute approximate surface area is 124 Å². The molecule has 0 radical (unpaired) electrons. The molecule has 2 unspecified atom stereocenters. The molecule has 4 nitrogen and oxygen atoms in total. The number of benzene rings is 1. The SMILES string of the molecule is CNc1ccc(Cl)cc1C(=O)N(C)C1CCCCC1O. The molecule has 1 aromatic carbocycles. The van der Waals surface area contributed by atoms with Gasteiger partial charge in [0.05, 0.1) is 17.7 Å². The molecule has 0 aromatic heterocycles. The first-order valence-electron chi connectivity index (χ1n) is 6.97. The molecule has 1 aromatic rings. The minimum Gasteiger partial charge on any atom is -0.391 e. The molecule has 20 heavy (non-hydrogen) atoms. The van der Waals surface area contributed by atoms with Crippen LogP contribution in [0, 0.1) is 0 Å². The number of carbonyl (C=O) groups excluding carboxylic acids is 1. The third-order valence-electron chi connectivity index (χ3n) is 3.99. The fraction of sp³-hybridized carbons (Fsp3) is 0.533. The van der Waals surface area contributed by atoms with Crippen LogP contribution in [0.2, 0.25) is 5.02 Å². The summed E-state index contributed by atoms with van der Waals surface area (Å²) in [6, 6.07) is 5.10. The van der Waals surface area contributed by atoms with Gasteiger partial charge in [-0.25, -0.2) is 0 Å². The lowest BCUT2D eigenvalue weighted by Crippen LogP contribution is -2.46. The van der Waals surface area contributed by atoms with Crippen molar-refractivity contribution in [2.75, 3.05) is 19.4 Å². The average molecular weight is 297 g/mol. The molecular formula is C15H21ClN2O2. The maximum atomic E-state index is 12.6. The number of aliphatic hydroxyl groups excluding tert-OH is 1. The van der Waals surface area contributed by atoms with E-state index in [1.165, 1.54) is 0 Å². The Morgan fingerprint density at radius 2 is 2.10 bits per heavy atom. The molecule has 0 saturated heterocycles. The summed E-state index contributed by atoms with van der Waals surface area (Å²) >= 11 is 5.99. The fourth-order valence-corrected chi connectivity index (χ4v) is 2.97. The number of hydrogen-bond donors (Lipinski definition) is 2. The standard InChI is InChI=1S/C15H21ClN2O2/c1-17-12-8-7-10(16)9-11(12)15(20)18(2)13-5-3-4-6-14(13)19/h7-9,13-14,17,19H,3-6H2,1-2H3. The van der Waals surface area contributed by atoms with Gasteiger partial charge in [0.1, 0.15) is 0 Å². The van der Waals surface area contributed by atoms with E-state index in [0.29, 0.717) is 10.6 Å². The second-order valence-corrected chi connectivity index (χ2v) is 5.71. The fourth-order valence-electron chi connectivity index (χ4n) is 2.80. The molecule has 2 atom stereocenters. The molecule has 1 aliphatic rings. The van der Waals surface area contributed by atoms with Crippen molar-refractivity contribution in [3.63, 3.8) is 0 Å². The summed E-state index contributed by atoms with van der Waals surface area (Å²) in [7, 11) is 3.53. The van der Waals surface area contributed by atoms with E-state index < -0.39 is 6.10 Å². The Bertz CT molecular complexity index is 493. The van der Waals surface area contributed by atoms with Crippen LogP contribution in [0.15, 0.2) is 18.2 Å². The monoisotopic (exact) mass is 296 g/mol. The Morgan fingerprint density at radius 3 is 2.75 bits per heavy atom. The Hall–Kier alpha value is -1.26. The molecule has 1 aliphatic carbocycles. The first kappa shape index (κ1) is 15.1. The number of anilines is 1. The minimum atomic E-state index is -0.435. The molecule has 1 amide bonds. The molecule has 2 N–H and O–H groups in total. The highest BCUT2D eigenvalue weighted by Crippen LogP contribution is 2.26. The maximum Gasteiger partial charge on any atom is 0.256 e. The van der Waals surface area contributed by atoms with Gasteiger partial charge in [0.2, 0.25) is 0 Å². The second kappa shape index (κ2) is 6.46. The predicted octanol–water partition coefficient (Wildman–Crippen LogP) is 2.76. The zero-order valence-corrected chi connectivity index (χ0v) is 12.7. The topological polar surface area (TPSA) is 52.6 Å². The quantitative estimate of drug-likeness (QED) is 0.902. The molecule has 5 heteroatoms. The van der Waals surface area contributed by atoms with Gasteiger partial charge < -0.3 is 15.3 Å². The lowest BCUT2D eigenvalue weighted by molar-refractivity contribution is 0.0268. The Balaban J connectivity index is 2.23. The predicted molar refractivity (Wildman–Crippen MR) is 81.4 cm³/mol. The summed E-state index contributed by atoms with van der Waals surface area (Å²) in [4.78, 5) is 14.3. The smallest absolute Gasteiger partial charge is 0.256 e. The van der Waals surface area contributed by atoms with Crippen LogP contribution < -0.4 is 5.32 Å². The Morgan fingerprint density at radius 1 is 1.40 bits per heavy atom. The maximum absolute atomic E-state index is 12.6. The Kier molecular flexibility index (Phi) is 4.89. The lowest BCUT2D eigenvalue weighted by atomic mass is 9.91. The van der Waals surface area contributed by atoms with Crippen LogP contribution in [0.1, 0.15) is 36.0 Å². The van der Waals surface area contributed by atoms with Crippen LogP contribution in [0.5, 0.6) is 0 Å². The van der Waals surface area contributed by atoms with Crippen molar-refractivity contribution in [2.24, 2.45) is 0 Å². The van der Waals surface area contributed by atoms with Gasteiger partial charge in [0.25, 0.3) is 5.91 Å². The van der Waals surface area contributed by atoms with Crippen LogP contribution in [0.4, 0.5) is 5.69 Å². The normalized spacial score (nSPS) is 22.4. The highest BCUT2D eigenvalue weighted by atomic mass is 35.5. The van der Waals surface area contributed by atoms with E-state index in [1.54, 1.807) is 37.2 Å². The highest BCUT2D eigenvalue weighted by molar-refractivity contribution is 6.31. The number of carbonyl (C=O) groups is 1. The number of amides is 1. The van der Waals surface area contributed by atoms with E-state index in [-0.39, 0.29) is 11.9 Å². The summed E-state index contributed by atoms with van der Waals surface area (Å²) in [6.45, 7) is 0. The van der Waals surface area contributed by atoms with Gasteiger partial charge in [0, 0.05) is 24.8 Å². The van der Waals surface area contributed by atoms with Gasteiger partial charge in [-0.3, -0.25) is 4.79 Å². The van der Waals surface area contributed by atoms with Gasteiger partial charge in [0.15, 0.2) is 0 Å².